The second-order valence-corrected chi connectivity index (χ2v) is 6.01. The third-order valence-electron chi connectivity index (χ3n) is 4.32. The maximum Gasteiger partial charge on any atom is 0.257 e. The van der Waals surface area contributed by atoms with E-state index in [1.54, 1.807) is 23.4 Å². The number of likely N-dealkylation sites (N-methyl/N-ethyl adjacent to an activating group) is 1. The lowest BCUT2D eigenvalue weighted by atomic mass is 10.0. The molecule has 0 saturated carbocycles. The lowest BCUT2D eigenvalue weighted by molar-refractivity contribution is 0.0781. The number of H-pyrrole nitrogens is 1. The predicted octanol–water partition coefficient (Wildman–Crippen LogP) is 2.43. The summed E-state index contributed by atoms with van der Waals surface area (Å²) in [6, 6.07) is 9.26. The number of fused-ring (bicyclic) bond motifs is 1. The molecule has 3 aromatic heterocycles. The van der Waals surface area contributed by atoms with Crippen LogP contribution in [-0.2, 0) is 6.42 Å². The zero-order valence-corrected chi connectivity index (χ0v) is 13.8. The van der Waals surface area contributed by atoms with Gasteiger partial charge in [-0.2, -0.15) is 0 Å². The van der Waals surface area contributed by atoms with Gasteiger partial charge in [0.2, 0.25) is 0 Å². The standard InChI is InChI=1S/C18H18N6O/c1-24-9-6-12-15(18(24)25)17(23-14-4-2-3-7-21-14)16(22-12)11-5-8-20-13(19)10-11/h2-5,7-8,10,22H,6,9H2,1H3,(H2,19,20)(H,21,23). The molecule has 1 amide bonds. The number of nitrogens with zero attached hydrogens (tertiary/aromatic N) is 3. The van der Waals surface area contributed by atoms with Crippen molar-refractivity contribution in [2.24, 2.45) is 0 Å². The van der Waals surface area contributed by atoms with Crippen LogP contribution in [0.4, 0.5) is 17.3 Å². The molecule has 7 nitrogen and oxygen atoms in total. The number of nitrogen functional groups attached to an aromatic ring is 1. The van der Waals surface area contributed by atoms with E-state index in [1.165, 1.54) is 0 Å². The molecule has 0 atom stereocenters. The first-order chi connectivity index (χ1) is 12.1. The van der Waals surface area contributed by atoms with Gasteiger partial charge in [0, 0.05) is 43.7 Å². The maximum absolute atomic E-state index is 12.7. The van der Waals surface area contributed by atoms with Crippen LogP contribution in [-0.4, -0.2) is 39.4 Å². The highest BCUT2D eigenvalue weighted by Crippen LogP contribution is 2.37. The van der Waals surface area contributed by atoms with Crippen LogP contribution in [0, 0.1) is 0 Å². The quantitative estimate of drug-likeness (QED) is 0.683. The summed E-state index contributed by atoms with van der Waals surface area (Å²) in [5.74, 6) is 1.09. The number of hydrogen-bond donors (Lipinski definition) is 3. The monoisotopic (exact) mass is 334 g/mol. The smallest absolute Gasteiger partial charge is 0.257 e. The molecule has 126 valence electrons. The van der Waals surface area contributed by atoms with Gasteiger partial charge >= 0.3 is 0 Å². The fraction of sp³-hybridized carbons (Fsp3) is 0.167. The van der Waals surface area contributed by atoms with Crippen LogP contribution in [0.3, 0.4) is 0 Å². The van der Waals surface area contributed by atoms with Gasteiger partial charge in [0.15, 0.2) is 0 Å². The molecular formula is C18H18N6O. The largest absolute Gasteiger partial charge is 0.384 e. The van der Waals surface area contributed by atoms with Crippen molar-refractivity contribution >= 4 is 23.2 Å². The number of amides is 1. The summed E-state index contributed by atoms with van der Waals surface area (Å²) in [5.41, 5.74) is 9.82. The minimum absolute atomic E-state index is 0.00999. The highest BCUT2D eigenvalue weighted by atomic mass is 16.2. The van der Waals surface area contributed by atoms with Gasteiger partial charge in [0.25, 0.3) is 5.91 Å². The van der Waals surface area contributed by atoms with Gasteiger partial charge in [-0.3, -0.25) is 4.79 Å². The Labute approximate surface area is 144 Å². The minimum atomic E-state index is -0.00999. The second-order valence-electron chi connectivity index (χ2n) is 6.01. The van der Waals surface area contributed by atoms with Crippen LogP contribution in [0.15, 0.2) is 42.7 Å². The number of rotatable bonds is 3. The first-order valence-electron chi connectivity index (χ1n) is 8.04. The molecule has 7 heteroatoms. The van der Waals surface area contributed by atoms with Crippen LogP contribution in [0.2, 0.25) is 0 Å². The van der Waals surface area contributed by atoms with Gasteiger partial charge in [0.05, 0.1) is 16.9 Å². The first kappa shape index (κ1) is 15.2. The van der Waals surface area contributed by atoms with E-state index in [4.69, 9.17) is 5.73 Å². The molecule has 0 fully saturated rings. The molecular weight excluding hydrogens is 316 g/mol. The highest BCUT2D eigenvalue weighted by Gasteiger charge is 2.30. The Morgan fingerprint density at radius 2 is 2.12 bits per heavy atom. The maximum atomic E-state index is 12.7. The van der Waals surface area contributed by atoms with E-state index in [0.29, 0.717) is 23.7 Å². The fourth-order valence-electron chi connectivity index (χ4n) is 3.06. The molecule has 0 radical (unpaired) electrons. The summed E-state index contributed by atoms with van der Waals surface area (Å²) in [4.78, 5) is 26.2. The number of nitrogens with one attached hydrogen (secondary N) is 2. The number of hydrogen-bond acceptors (Lipinski definition) is 5. The molecule has 0 aromatic carbocycles. The summed E-state index contributed by atoms with van der Waals surface area (Å²) < 4.78 is 0. The third kappa shape index (κ3) is 2.69. The zero-order chi connectivity index (χ0) is 17.4. The normalized spacial score (nSPS) is 13.6. The molecule has 4 heterocycles. The van der Waals surface area contributed by atoms with E-state index in [0.717, 1.165) is 29.1 Å². The van der Waals surface area contributed by atoms with E-state index >= 15 is 0 Å². The van der Waals surface area contributed by atoms with Gasteiger partial charge in [0.1, 0.15) is 11.6 Å². The molecule has 0 unspecified atom stereocenters. The van der Waals surface area contributed by atoms with Crippen molar-refractivity contribution in [2.45, 2.75) is 6.42 Å². The van der Waals surface area contributed by atoms with Gasteiger partial charge < -0.3 is 20.9 Å². The fourth-order valence-corrected chi connectivity index (χ4v) is 3.06. The van der Waals surface area contributed by atoms with Crippen molar-refractivity contribution in [1.29, 1.82) is 0 Å². The van der Waals surface area contributed by atoms with Crippen molar-refractivity contribution < 1.29 is 4.79 Å². The van der Waals surface area contributed by atoms with Crippen molar-refractivity contribution in [3.8, 4) is 11.3 Å². The van der Waals surface area contributed by atoms with Gasteiger partial charge in [-0.15, -0.1) is 0 Å². The molecule has 3 aromatic rings. The van der Waals surface area contributed by atoms with E-state index < -0.39 is 0 Å². The van der Waals surface area contributed by atoms with E-state index in [9.17, 15) is 4.79 Å². The summed E-state index contributed by atoms with van der Waals surface area (Å²) in [5, 5.41) is 3.30. The summed E-state index contributed by atoms with van der Waals surface area (Å²) in [6.07, 6.45) is 4.14. The molecule has 0 spiro atoms. The van der Waals surface area contributed by atoms with Crippen molar-refractivity contribution in [1.82, 2.24) is 19.9 Å². The number of carbonyl (C=O) groups is 1. The molecule has 0 saturated heterocycles. The topological polar surface area (TPSA) is 99.9 Å². The van der Waals surface area contributed by atoms with Gasteiger partial charge in [-0.05, 0) is 24.3 Å². The Morgan fingerprint density at radius 3 is 2.88 bits per heavy atom. The van der Waals surface area contributed by atoms with Crippen molar-refractivity contribution in [2.75, 3.05) is 24.6 Å². The van der Waals surface area contributed by atoms with Crippen LogP contribution < -0.4 is 11.1 Å². The Hall–Kier alpha value is -3.35. The van der Waals surface area contributed by atoms with Gasteiger partial charge in [-0.25, -0.2) is 9.97 Å². The summed E-state index contributed by atoms with van der Waals surface area (Å²) in [7, 11) is 1.81. The molecule has 0 bridgehead atoms. The summed E-state index contributed by atoms with van der Waals surface area (Å²) >= 11 is 0. The number of aromatic nitrogens is 3. The molecule has 25 heavy (non-hydrogen) atoms. The lowest BCUT2D eigenvalue weighted by Crippen LogP contribution is -2.34. The van der Waals surface area contributed by atoms with E-state index in [-0.39, 0.29) is 5.91 Å². The van der Waals surface area contributed by atoms with Crippen LogP contribution in [0.5, 0.6) is 0 Å². The second kappa shape index (κ2) is 5.94. The lowest BCUT2D eigenvalue weighted by Gasteiger charge is -2.23. The molecule has 1 aliphatic heterocycles. The van der Waals surface area contributed by atoms with E-state index in [2.05, 4.69) is 20.3 Å². The highest BCUT2D eigenvalue weighted by molar-refractivity contribution is 6.06. The molecule has 0 aliphatic carbocycles. The van der Waals surface area contributed by atoms with Crippen molar-refractivity contribution in [3.05, 3.63) is 54.0 Å². The Kier molecular flexibility index (Phi) is 3.61. The molecule has 4 rings (SSSR count). The number of aromatic amines is 1. The minimum Gasteiger partial charge on any atom is -0.384 e. The predicted molar refractivity (Wildman–Crippen MR) is 96.6 cm³/mol. The number of anilines is 3. The zero-order valence-electron chi connectivity index (χ0n) is 13.8. The van der Waals surface area contributed by atoms with Crippen molar-refractivity contribution in [3.63, 3.8) is 0 Å². The average molecular weight is 334 g/mol. The average Bonchev–Trinajstić information content (AvgIpc) is 2.98. The SMILES string of the molecule is CN1CCc2[nH]c(-c3ccnc(N)c3)c(Nc3ccccn3)c2C1=O. The van der Waals surface area contributed by atoms with Crippen LogP contribution >= 0.6 is 0 Å². The Morgan fingerprint density at radius 1 is 1.24 bits per heavy atom. The Balaban J connectivity index is 1.89. The molecule has 4 N–H and O–H groups in total. The molecule has 1 aliphatic rings. The van der Waals surface area contributed by atoms with Crippen LogP contribution in [0.1, 0.15) is 16.1 Å². The van der Waals surface area contributed by atoms with Gasteiger partial charge in [-0.1, -0.05) is 6.07 Å². The first-order valence-corrected chi connectivity index (χ1v) is 8.04. The number of carbonyl (C=O) groups excluding carboxylic acids is 1. The number of nitrogens with two attached hydrogens (primary N) is 1. The Bertz CT molecular complexity index is 934. The number of pyridine rings is 2. The third-order valence-corrected chi connectivity index (χ3v) is 4.32. The van der Waals surface area contributed by atoms with Crippen LogP contribution in [0.25, 0.3) is 11.3 Å². The van der Waals surface area contributed by atoms with E-state index in [1.807, 2.05) is 31.3 Å². The summed E-state index contributed by atoms with van der Waals surface area (Å²) in [6.45, 7) is 0.688.